The molecule has 0 aromatic heterocycles. The third kappa shape index (κ3) is 7.59. The Morgan fingerprint density at radius 1 is 1.22 bits per heavy atom. The van der Waals surface area contributed by atoms with Crippen LogP contribution in [0.5, 0.6) is 0 Å². The Morgan fingerprint density at radius 2 is 1.91 bits per heavy atom. The van der Waals surface area contributed by atoms with Crippen molar-refractivity contribution in [2.75, 3.05) is 6.54 Å². The molecule has 0 aliphatic heterocycles. The van der Waals surface area contributed by atoms with Gasteiger partial charge in [0.1, 0.15) is 12.1 Å². The van der Waals surface area contributed by atoms with Crippen LogP contribution >= 0.6 is 0 Å². The van der Waals surface area contributed by atoms with E-state index in [-0.39, 0.29) is 38.2 Å². The van der Waals surface area contributed by atoms with E-state index in [1.54, 1.807) is 0 Å². The number of carbonyl (C=O) groups excluding carboxylic acids is 2. The lowest BCUT2D eigenvalue weighted by Gasteiger charge is -2.41. The zero-order valence-corrected chi connectivity index (χ0v) is 18.0. The van der Waals surface area contributed by atoms with Gasteiger partial charge in [-0.25, -0.2) is 0 Å². The molecule has 4 atom stereocenters. The summed E-state index contributed by atoms with van der Waals surface area (Å²) >= 11 is 0. The molecule has 1 aromatic carbocycles. The summed E-state index contributed by atoms with van der Waals surface area (Å²) in [4.78, 5) is 36.2. The fraction of sp³-hybridized carbons (Fsp3) is 0.571. The second-order valence-electron chi connectivity index (χ2n) is 8.45. The number of aliphatic carboxylic acids is 1. The van der Waals surface area contributed by atoms with Crippen LogP contribution in [-0.2, 0) is 25.7 Å². The summed E-state index contributed by atoms with van der Waals surface area (Å²) in [5, 5.41) is 30.4. The first kappa shape index (κ1) is 25.8. The minimum absolute atomic E-state index is 0.0176. The van der Waals surface area contributed by atoms with Gasteiger partial charge in [0.05, 0.1) is 12.5 Å². The van der Waals surface area contributed by atoms with Gasteiger partial charge in [0.25, 0.3) is 0 Å². The summed E-state index contributed by atoms with van der Waals surface area (Å²) in [6, 6.07) is 7.97. The highest BCUT2D eigenvalue weighted by molar-refractivity contribution is 6.40. The Morgan fingerprint density at radius 3 is 2.53 bits per heavy atom. The first-order chi connectivity index (χ1) is 15.1. The molecule has 1 aliphatic rings. The largest absolute Gasteiger partial charge is 0.480 e. The highest BCUT2D eigenvalue weighted by atomic mass is 16.5. The quantitative estimate of drug-likeness (QED) is 0.194. The lowest BCUT2D eigenvalue weighted by atomic mass is 9.66. The number of esters is 1. The van der Waals surface area contributed by atoms with Gasteiger partial charge in [-0.1, -0.05) is 36.8 Å². The molecule has 0 radical (unpaired) electrons. The number of carboxylic acids is 1. The van der Waals surface area contributed by atoms with Gasteiger partial charge in [-0.15, -0.1) is 0 Å². The molecule has 176 valence electrons. The molecule has 2 rings (SSSR count). The molecule has 0 bridgehead atoms. The van der Waals surface area contributed by atoms with Gasteiger partial charge in [-0.05, 0) is 37.1 Å². The molecule has 1 fully saturated rings. The van der Waals surface area contributed by atoms with Crippen LogP contribution in [0, 0.1) is 11.8 Å². The van der Waals surface area contributed by atoms with Gasteiger partial charge >= 0.3 is 19.1 Å². The summed E-state index contributed by atoms with van der Waals surface area (Å²) in [5.74, 6) is -2.93. The van der Waals surface area contributed by atoms with Crippen molar-refractivity contribution in [3.05, 3.63) is 35.9 Å². The molecule has 0 unspecified atom stereocenters. The fourth-order valence-electron chi connectivity index (χ4n) is 4.04. The summed E-state index contributed by atoms with van der Waals surface area (Å²) in [7, 11) is -1.44. The van der Waals surface area contributed by atoms with E-state index in [9.17, 15) is 19.5 Å². The molecule has 0 spiro atoms. The van der Waals surface area contributed by atoms with E-state index < -0.39 is 42.5 Å². The summed E-state index contributed by atoms with van der Waals surface area (Å²) in [6.07, 6.45) is 1.60. The first-order valence-electron chi connectivity index (χ1n) is 10.7. The molecule has 10 nitrogen and oxygen atoms in total. The van der Waals surface area contributed by atoms with Crippen LogP contribution in [0.1, 0.15) is 37.7 Å². The lowest BCUT2D eigenvalue weighted by Crippen LogP contribution is -2.60. The Balaban J connectivity index is 1.82. The van der Waals surface area contributed by atoms with E-state index in [4.69, 9.17) is 26.3 Å². The predicted molar refractivity (Wildman–Crippen MR) is 117 cm³/mol. The molecule has 8 N–H and O–H groups in total. The Labute approximate surface area is 187 Å². The molecule has 1 aromatic rings. The standard InChI is InChI=1S/C21H32BN3O7/c23-17(10-18(26)32-13-15-4-2-1-3-5-15)19(27)25-12-16-7-6-14(8-9-22(30)31)11-21(16,24)20(28)29/h1-5,14,16-17,30-31H,6-13,23-24H2,(H,25,27)(H,28,29)/t14-,16-,17-,21+/m0/s1. The maximum absolute atomic E-state index is 12.3. The molecule has 1 amide bonds. The number of nitrogens with one attached hydrogen (secondary N) is 1. The number of carboxylic acid groups (broad SMARTS) is 1. The Bertz CT molecular complexity index is 780. The molecule has 0 saturated heterocycles. The number of benzene rings is 1. The number of hydrogen-bond donors (Lipinski definition) is 6. The fourth-order valence-corrected chi connectivity index (χ4v) is 4.04. The maximum Gasteiger partial charge on any atom is 0.451 e. The minimum Gasteiger partial charge on any atom is -0.480 e. The SMILES string of the molecule is N[C@@H](CC(=O)OCc1ccccc1)C(=O)NC[C@@H]1CC[C@@H](CCB(O)O)C[C@]1(N)C(=O)O. The number of carbonyl (C=O) groups is 3. The zero-order chi connectivity index (χ0) is 23.7. The summed E-state index contributed by atoms with van der Waals surface area (Å²) < 4.78 is 5.13. The van der Waals surface area contributed by atoms with Crippen molar-refractivity contribution in [3.63, 3.8) is 0 Å². The van der Waals surface area contributed by atoms with E-state index in [0.717, 1.165) is 5.56 Å². The van der Waals surface area contributed by atoms with Crippen LogP contribution in [0.25, 0.3) is 0 Å². The van der Waals surface area contributed by atoms with Crippen molar-refractivity contribution in [3.8, 4) is 0 Å². The van der Waals surface area contributed by atoms with Crippen molar-refractivity contribution >= 4 is 25.0 Å². The van der Waals surface area contributed by atoms with Gasteiger partial charge in [0, 0.05) is 12.5 Å². The highest BCUT2D eigenvalue weighted by Crippen LogP contribution is 2.38. The molecule has 11 heteroatoms. The average Bonchev–Trinajstić information content (AvgIpc) is 2.75. The molecule has 0 heterocycles. The lowest BCUT2D eigenvalue weighted by molar-refractivity contribution is -0.148. The van der Waals surface area contributed by atoms with Gasteiger partial charge in [-0.2, -0.15) is 0 Å². The Hall–Kier alpha value is -2.47. The van der Waals surface area contributed by atoms with E-state index in [2.05, 4.69) is 5.32 Å². The van der Waals surface area contributed by atoms with Crippen LogP contribution in [0.4, 0.5) is 0 Å². The van der Waals surface area contributed by atoms with Crippen LogP contribution in [0.2, 0.25) is 6.32 Å². The second-order valence-corrected chi connectivity index (χ2v) is 8.45. The topological polar surface area (TPSA) is 185 Å². The minimum atomic E-state index is -1.55. The maximum atomic E-state index is 12.3. The first-order valence-corrected chi connectivity index (χ1v) is 10.7. The third-order valence-corrected chi connectivity index (χ3v) is 6.00. The van der Waals surface area contributed by atoms with Gasteiger partial charge in [-0.3, -0.25) is 14.4 Å². The van der Waals surface area contributed by atoms with Gasteiger partial charge in [0.2, 0.25) is 5.91 Å². The second kappa shape index (κ2) is 12.0. The van der Waals surface area contributed by atoms with E-state index in [0.29, 0.717) is 19.3 Å². The van der Waals surface area contributed by atoms with Gasteiger partial charge in [0.15, 0.2) is 0 Å². The monoisotopic (exact) mass is 449 g/mol. The predicted octanol–water partition coefficient (Wildman–Crippen LogP) is -0.375. The van der Waals surface area contributed by atoms with Gasteiger partial charge < -0.3 is 36.7 Å². The van der Waals surface area contributed by atoms with Crippen molar-refractivity contribution < 1.29 is 34.3 Å². The number of rotatable bonds is 11. The van der Waals surface area contributed by atoms with Crippen molar-refractivity contribution in [1.29, 1.82) is 0 Å². The molecular formula is C21H32BN3O7. The Kier molecular flexibility index (Phi) is 9.64. The molecular weight excluding hydrogens is 417 g/mol. The normalized spacial score (nSPS) is 23.8. The smallest absolute Gasteiger partial charge is 0.451 e. The number of hydrogen-bond acceptors (Lipinski definition) is 8. The van der Waals surface area contributed by atoms with Crippen LogP contribution in [-0.4, -0.2) is 58.2 Å². The zero-order valence-electron chi connectivity index (χ0n) is 18.0. The van der Waals surface area contributed by atoms with E-state index in [1.165, 1.54) is 0 Å². The summed E-state index contributed by atoms with van der Waals surface area (Å²) in [5.41, 5.74) is 11.3. The highest BCUT2D eigenvalue weighted by Gasteiger charge is 2.47. The average molecular weight is 449 g/mol. The number of amides is 1. The van der Waals surface area contributed by atoms with Crippen molar-refractivity contribution in [1.82, 2.24) is 5.32 Å². The van der Waals surface area contributed by atoms with Crippen molar-refractivity contribution in [2.24, 2.45) is 23.3 Å². The van der Waals surface area contributed by atoms with Crippen molar-refractivity contribution in [2.45, 2.75) is 56.6 Å². The van der Waals surface area contributed by atoms with Crippen LogP contribution in [0.15, 0.2) is 30.3 Å². The number of nitrogens with two attached hydrogens (primary N) is 2. The van der Waals surface area contributed by atoms with Crippen LogP contribution < -0.4 is 16.8 Å². The molecule has 1 saturated carbocycles. The summed E-state index contributed by atoms with van der Waals surface area (Å²) in [6.45, 7) is 0.0998. The van der Waals surface area contributed by atoms with E-state index in [1.807, 2.05) is 30.3 Å². The van der Waals surface area contributed by atoms with E-state index >= 15 is 0 Å². The number of ether oxygens (including phenoxy) is 1. The molecule has 32 heavy (non-hydrogen) atoms. The van der Waals surface area contributed by atoms with Crippen LogP contribution in [0.3, 0.4) is 0 Å². The third-order valence-electron chi connectivity index (χ3n) is 6.00. The molecule has 1 aliphatic carbocycles.